The van der Waals surface area contributed by atoms with Crippen LogP contribution in [0.25, 0.3) is 0 Å². The third-order valence-electron chi connectivity index (χ3n) is 5.45. The summed E-state index contributed by atoms with van der Waals surface area (Å²) in [6.45, 7) is 7.26. The fourth-order valence-corrected chi connectivity index (χ4v) is 4.05. The third-order valence-corrected chi connectivity index (χ3v) is 5.45. The molecular weight excluding hydrogens is 402 g/mol. The Morgan fingerprint density at radius 2 is 1.38 bits per heavy atom. The van der Waals surface area contributed by atoms with Crippen molar-refractivity contribution < 1.29 is 19.1 Å². The zero-order valence-corrected chi connectivity index (χ0v) is 18.8. The monoisotopic (exact) mass is 429 g/mol. The molecule has 3 aromatic rings. The van der Waals surface area contributed by atoms with E-state index in [4.69, 9.17) is 4.74 Å². The first-order valence-electron chi connectivity index (χ1n) is 10.6. The van der Waals surface area contributed by atoms with Crippen LogP contribution in [0, 0.1) is 20.8 Å². The minimum absolute atomic E-state index is 0.0657. The lowest BCUT2D eigenvalue weighted by Gasteiger charge is -2.22. The summed E-state index contributed by atoms with van der Waals surface area (Å²) >= 11 is 0. The molecule has 0 aliphatic carbocycles. The minimum atomic E-state index is -0.953. The molecular formula is C27H27NO4. The van der Waals surface area contributed by atoms with Crippen molar-refractivity contribution in [3.8, 4) is 0 Å². The maximum absolute atomic E-state index is 14.0. The predicted octanol–water partition coefficient (Wildman–Crippen LogP) is 5.13. The quantitative estimate of drug-likeness (QED) is 0.335. The average Bonchev–Trinajstić information content (AvgIpc) is 2.78. The van der Waals surface area contributed by atoms with Gasteiger partial charge in [0.25, 0.3) is 0 Å². The van der Waals surface area contributed by atoms with Gasteiger partial charge in [-0.05, 0) is 55.5 Å². The van der Waals surface area contributed by atoms with Crippen LogP contribution >= 0.6 is 0 Å². The maximum atomic E-state index is 14.0. The summed E-state index contributed by atoms with van der Waals surface area (Å²) in [5.74, 6) is -2.37. The lowest BCUT2D eigenvalue weighted by atomic mass is 9.81. The number of rotatable bonds is 6. The fraction of sp³-hybridized carbons (Fsp3) is 0.222. The SMILES string of the molecule is CCOC(=O)C(=O)Nc1c(C)cc(C)c(C(=O)C(c2ccccc2)c2ccccc2)c1C. The van der Waals surface area contributed by atoms with Crippen LogP contribution in [0.15, 0.2) is 66.7 Å². The van der Waals surface area contributed by atoms with Gasteiger partial charge in [0.15, 0.2) is 5.78 Å². The van der Waals surface area contributed by atoms with E-state index in [2.05, 4.69) is 5.32 Å². The molecule has 164 valence electrons. The van der Waals surface area contributed by atoms with Gasteiger partial charge in [-0.3, -0.25) is 9.59 Å². The molecule has 3 rings (SSSR count). The Labute approximate surface area is 188 Å². The molecule has 0 aliphatic rings. The van der Waals surface area contributed by atoms with Gasteiger partial charge in [0, 0.05) is 11.3 Å². The molecule has 0 aliphatic heterocycles. The van der Waals surface area contributed by atoms with Crippen LogP contribution in [0.2, 0.25) is 0 Å². The number of aryl methyl sites for hydroxylation is 2. The summed E-state index contributed by atoms with van der Waals surface area (Å²) in [4.78, 5) is 38.1. The number of ketones is 1. The number of carbonyl (C=O) groups is 3. The van der Waals surface area contributed by atoms with Crippen LogP contribution in [0.3, 0.4) is 0 Å². The number of Topliss-reactive ketones (excluding diaryl/α,β-unsaturated/α-hetero) is 1. The molecule has 0 fully saturated rings. The van der Waals surface area contributed by atoms with E-state index in [9.17, 15) is 14.4 Å². The van der Waals surface area contributed by atoms with E-state index in [1.54, 1.807) is 13.8 Å². The number of hydrogen-bond donors (Lipinski definition) is 1. The Kier molecular flexibility index (Phi) is 7.21. The molecule has 0 aromatic heterocycles. The third kappa shape index (κ3) is 4.78. The number of ether oxygens (including phenoxy) is 1. The summed E-state index contributed by atoms with van der Waals surface area (Å²) in [6.07, 6.45) is 0. The van der Waals surface area contributed by atoms with E-state index in [1.165, 1.54) is 0 Å². The van der Waals surface area contributed by atoms with Crippen molar-refractivity contribution in [3.63, 3.8) is 0 Å². The van der Waals surface area contributed by atoms with Crippen molar-refractivity contribution in [2.45, 2.75) is 33.6 Å². The van der Waals surface area contributed by atoms with Gasteiger partial charge in [-0.2, -0.15) is 0 Å². The standard InChI is InChI=1S/C27H27NO4/c1-5-32-27(31)26(30)28-24-18(3)16-17(2)22(19(24)4)25(29)23(20-12-8-6-9-13-20)21-14-10-7-11-15-21/h6-16,23H,5H2,1-4H3,(H,28,30). The second-order valence-corrected chi connectivity index (χ2v) is 7.68. The van der Waals surface area contributed by atoms with Crippen molar-refractivity contribution in [3.05, 3.63) is 100 Å². The first-order valence-corrected chi connectivity index (χ1v) is 10.6. The van der Waals surface area contributed by atoms with Crippen LogP contribution < -0.4 is 5.32 Å². The Morgan fingerprint density at radius 1 is 0.844 bits per heavy atom. The van der Waals surface area contributed by atoms with Gasteiger partial charge < -0.3 is 10.1 Å². The van der Waals surface area contributed by atoms with Crippen molar-refractivity contribution >= 4 is 23.3 Å². The highest BCUT2D eigenvalue weighted by molar-refractivity contribution is 6.37. The summed E-state index contributed by atoms with van der Waals surface area (Å²) < 4.78 is 4.79. The highest BCUT2D eigenvalue weighted by Crippen LogP contribution is 2.34. The van der Waals surface area contributed by atoms with E-state index >= 15 is 0 Å². The molecule has 0 atom stereocenters. The zero-order chi connectivity index (χ0) is 23.3. The number of carbonyl (C=O) groups excluding carboxylic acids is 3. The molecule has 0 unspecified atom stereocenters. The maximum Gasteiger partial charge on any atom is 0.397 e. The van der Waals surface area contributed by atoms with E-state index in [1.807, 2.05) is 80.6 Å². The Balaban J connectivity index is 2.10. The van der Waals surface area contributed by atoms with E-state index < -0.39 is 17.8 Å². The van der Waals surface area contributed by atoms with Gasteiger partial charge in [0.2, 0.25) is 0 Å². The normalized spacial score (nSPS) is 10.7. The second kappa shape index (κ2) is 10.1. The van der Waals surface area contributed by atoms with Crippen molar-refractivity contribution in [1.29, 1.82) is 0 Å². The van der Waals surface area contributed by atoms with Crippen LogP contribution in [-0.4, -0.2) is 24.3 Å². The Bertz CT molecular complexity index is 1100. The van der Waals surface area contributed by atoms with Crippen molar-refractivity contribution in [1.82, 2.24) is 0 Å². The molecule has 1 amide bonds. The lowest BCUT2D eigenvalue weighted by molar-refractivity contribution is -0.152. The number of amides is 1. The Hall–Kier alpha value is -3.73. The lowest BCUT2D eigenvalue weighted by Crippen LogP contribution is -2.26. The van der Waals surface area contributed by atoms with Gasteiger partial charge in [0.05, 0.1) is 12.5 Å². The molecule has 32 heavy (non-hydrogen) atoms. The molecule has 0 saturated carbocycles. The topological polar surface area (TPSA) is 72.5 Å². The molecule has 3 aromatic carbocycles. The second-order valence-electron chi connectivity index (χ2n) is 7.68. The molecule has 0 spiro atoms. The fourth-order valence-electron chi connectivity index (χ4n) is 4.05. The van der Waals surface area contributed by atoms with Crippen LogP contribution in [-0.2, 0) is 14.3 Å². The summed E-state index contributed by atoms with van der Waals surface area (Å²) in [6, 6.07) is 21.1. The first kappa shape index (κ1) is 22.9. The number of benzene rings is 3. The molecule has 5 nitrogen and oxygen atoms in total. The van der Waals surface area contributed by atoms with E-state index in [0.717, 1.165) is 22.3 Å². The highest BCUT2D eigenvalue weighted by Gasteiger charge is 2.28. The average molecular weight is 430 g/mol. The summed E-state index contributed by atoms with van der Waals surface area (Å²) in [5.41, 5.74) is 4.98. The van der Waals surface area contributed by atoms with E-state index in [0.29, 0.717) is 16.8 Å². The van der Waals surface area contributed by atoms with Gasteiger partial charge in [-0.1, -0.05) is 66.7 Å². The Morgan fingerprint density at radius 3 is 1.88 bits per heavy atom. The van der Waals surface area contributed by atoms with Crippen LogP contribution in [0.5, 0.6) is 0 Å². The molecule has 0 bridgehead atoms. The minimum Gasteiger partial charge on any atom is -0.459 e. The summed E-state index contributed by atoms with van der Waals surface area (Å²) in [5, 5.41) is 2.64. The molecule has 0 saturated heterocycles. The first-order chi connectivity index (χ1) is 15.3. The highest BCUT2D eigenvalue weighted by atomic mass is 16.5. The van der Waals surface area contributed by atoms with Gasteiger partial charge in [0.1, 0.15) is 0 Å². The molecule has 1 N–H and O–H groups in total. The van der Waals surface area contributed by atoms with Gasteiger partial charge >= 0.3 is 11.9 Å². The summed E-state index contributed by atoms with van der Waals surface area (Å²) in [7, 11) is 0. The van der Waals surface area contributed by atoms with Gasteiger partial charge in [-0.25, -0.2) is 4.79 Å². The molecule has 5 heteroatoms. The van der Waals surface area contributed by atoms with E-state index in [-0.39, 0.29) is 12.4 Å². The largest absolute Gasteiger partial charge is 0.459 e. The smallest absolute Gasteiger partial charge is 0.397 e. The molecule has 0 heterocycles. The van der Waals surface area contributed by atoms with Crippen molar-refractivity contribution in [2.24, 2.45) is 0 Å². The van der Waals surface area contributed by atoms with Gasteiger partial charge in [-0.15, -0.1) is 0 Å². The number of hydrogen-bond acceptors (Lipinski definition) is 4. The zero-order valence-electron chi connectivity index (χ0n) is 18.8. The van der Waals surface area contributed by atoms with Crippen molar-refractivity contribution in [2.75, 3.05) is 11.9 Å². The van der Waals surface area contributed by atoms with Crippen LogP contribution in [0.1, 0.15) is 51.0 Å². The number of nitrogens with one attached hydrogen (secondary N) is 1. The number of anilines is 1. The van der Waals surface area contributed by atoms with Crippen LogP contribution in [0.4, 0.5) is 5.69 Å². The number of esters is 1. The molecule has 0 radical (unpaired) electrons. The predicted molar refractivity (Wildman–Crippen MR) is 125 cm³/mol.